The number of carbonyl (C=O) groups is 1. The lowest BCUT2D eigenvalue weighted by Gasteiger charge is -2.58. The first-order valence-corrected chi connectivity index (χ1v) is 17.1. The lowest BCUT2D eigenvalue weighted by molar-refractivity contribution is -0.150. The van der Waals surface area contributed by atoms with Crippen molar-refractivity contribution < 1.29 is 9.53 Å². The second kappa shape index (κ2) is 12.3. The number of rotatable bonds is 10. The van der Waals surface area contributed by atoms with Gasteiger partial charge >= 0.3 is 5.97 Å². The molecule has 0 spiro atoms. The summed E-state index contributed by atoms with van der Waals surface area (Å²) in [5.74, 6) is 5.99. The second-order valence-corrected chi connectivity index (χ2v) is 15.4. The summed E-state index contributed by atoms with van der Waals surface area (Å²) in [6, 6.07) is 10.0. The molecule has 3 fully saturated rings. The second-order valence-electron chi connectivity index (χ2n) is 15.4. The Hall–Kier alpha value is -1.57. The van der Waals surface area contributed by atoms with Gasteiger partial charge in [0.05, 0.1) is 6.42 Å². The van der Waals surface area contributed by atoms with Crippen molar-refractivity contribution in [3.63, 3.8) is 0 Å². The van der Waals surface area contributed by atoms with Crippen LogP contribution in [-0.2, 0) is 16.0 Å². The first kappa shape index (κ1) is 29.9. The van der Waals surface area contributed by atoms with Crippen LogP contribution in [0.3, 0.4) is 0 Å². The highest BCUT2D eigenvalue weighted by molar-refractivity contribution is 5.72. The third-order valence-corrected chi connectivity index (χ3v) is 12.9. The van der Waals surface area contributed by atoms with E-state index in [9.17, 15) is 4.79 Å². The molecule has 4 aliphatic carbocycles. The van der Waals surface area contributed by atoms with Crippen molar-refractivity contribution in [1.29, 1.82) is 0 Å². The molecule has 0 heterocycles. The van der Waals surface area contributed by atoms with E-state index >= 15 is 0 Å². The number of fused-ring (bicyclic) bond motifs is 5. The molecular weight excluding hydrogens is 488 g/mol. The molecule has 1 aromatic rings. The van der Waals surface area contributed by atoms with E-state index in [1.54, 1.807) is 5.57 Å². The largest absolute Gasteiger partial charge is 0.462 e. The number of carbonyl (C=O) groups excluding carboxylic acids is 1. The monoisotopic (exact) mass is 546 g/mol. The summed E-state index contributed by atoms with van der Waals surface area (Å²) in [5.41, 5.74) is 3.49. The van der Waals surface area contributed by atoms with Gasteiger partial charge in [-0.2, -0.15) is 0 Å². The molecule has 0 unspecified atom stereocenters. The highest BCUT2D eigenvalue weighted by atomic mass is 16.5. The van der Waals surface area contributed by atoms with Gasteiger partial charge in [0.1, 0.15) is 6.10 Å². The van der Waals surface area contributed by atoms with Crippen molar-refractivity contribution in [1.82, 2.24) is 0 Å². The highest BCUT2D eigenvalue weighted by Gasteiger charge is 2.59. The van der Waals surface area contributed by atoms with E-state index in [1.165, 1.54) is 64.2 Å². The maximum absolute atomic E-state index is 12.7. The first-order valence-electron chi connectivity index (χ1n) is 17.1. The summed E-state index contributed by atoms with van der Waals surface area (Å²) in [6.07, 6.45) is 18.8. The van der Waals surface area contributed by atoms with Crippen LogP contribution in [0.25, 0.3) is 0 Å². The molecule has 3 saturated carbocycles. The summed E-state index contributed by atoms with van der Waals surface area (Å²) in [7, 11) is 0. The van der Waals surface area contributed by atoms with Crippen LogP contribution in [-0.4, -0.2) is 12.1 Å². The highest BCUT2D eigenvalue weighted by Crippen LogP contribution is 2.67. The summed E-state index contributed by atoms with van der Waals surface area (Å²) in [5, 5.41) is 0. The summed E-state index contributed by atoms with van der Waals surface area (Å²) < 4.78 is 6.04. The minimum Gasteiger partial charge on any atom is -0.462 e. The molecule has 0 amide bonds. The first-order chi connectivity index (χ1) is 19.2. The fourth-order valence-corrected chi connectivity index (χ4v) is 10.6. The van der Waals surface area contributed by atoms with Crippen LogP contribution in [0.15, 0.2) is 42.0 Å². The number of allylic oxidation sites excluding steroid dienone is 1. The van der Waals surface area contributed by atoms with Gasteiger partial charge < -0.3 is 4.74 Å². The van der Waals surface area contributed by atoms with Gasteiger partial charge in [0, 0.05) is 6.42 Å². The molecule has 222 valence electrons. The maximum atomic E-state index is 12.7. The molecule has 0 aromatic heterocycles. The van der Waals surface area contributed by atoms with Crippen LogP contribution in [0.2, 0.25) is 0 Å². The van der Waals surface area contributed by atoms with Crippen molar-refractivity contribution >= 4 is 5.97 Å². The van der Waals surface area contributed by atoms with Crippen molar-refractivity contribution in [3.8, 4) is 0 Å². The van der Waals surface area contributed by atoms with Gasteiger partial charge in [0.15, 0.2) is 0 Å². The lowest BCUT2D eigenvalue weighted by atomic mass is 9.47. The molecule has 9 atom stereocenters. The van der Waals surface area contributed by atoms with Gasteiger partial charge in [-0.3, -0.25) is 4.79 Å². The normalized spacial score (nSPS) is 36.7. The number of esters is 1. The Balaban J connectivity index is 1.21. The molecule has 0 N–H and O–H groups in total. The molecule has 2 heteroatoms. The van der Waals surface area contributed by atoms with Gasteiger partial charge in [0.25, 0.3) is 0 Å². The smallest absolute Gasteiger partial charge is 0.310 e. The van der Waals surface area contributed by atoms with Gasteiger partial charge in [-0.05, 0) is 109 Å². The van der Waals surface area contributed by atoms with Gasteiger partial charge in [0.2, 0.25) is 0 Å². The Kier molecular flexibility index (Phi) is 9.23. The zero-order valence-electron chi connectivity index (χ0n) is 26.6. The summed E-state index contributed by atoms with van der Waals surface area (Å²) >= 11 is 0. The van der Waals surface area contributed by atoms with E-state index in [-0.39, 0.29) is 12.1 Å². The summed E-state index contributed by atoms with van der Waals surface area (Å²) in [6.45, 7) is 15.1. The molecule has 0 saturated heterocycles. The Morgan fingerprint density at radius 1 is 0.950 bits per heavy atom. The maximum Gasteiger partial charge on any atom is 0.310 e. The lowest BCUT2D eigenvalue weighted by Crippen LogP contribution is -2.51. The SMILES string of the molecule is CCC[C@H](CC[C@@H](C)[C@H]1CC[C@H]2[C@@H]3CC=C4C[C@H](OC(=O)Cc5ccccc5)CC[C@]4(C)[C@H]3CC[C@]12C)C(C)C. The van der Waals surface area contributed by atoms with Gasteiger partial charge in [-0.1, -0.05) is 103 Å². The van der Waals surface area contributed by atoms with Crippen molar-refractivity contribution in [3.05, 3.63) is 47.5 Å². The third-order valence-electron chi connectivity index (χ3n) is 12.9. The molecule has 4 aliphatic rings. The number of hydrogen-bond acceptors (Lipinski definition) is 2. The molecule has 0 bridgehead atoms. The molecule has 40 heavy (non-hydrogen) atoms. The van der Waals surface area contributed by atoms with E-state index < -0.39 is 0 Å². The molecular formula is C38H58O2. The Bertz CT molecular complexity index is 1030. The van der Waals surface area contributed by atoms with Crippen molar-refractivity contribution in [2.45, 2.75) is 131 Å². The zero-order valence-corrected chi connectivity index (χ0v) is 26.6. The van der Waals surface area contributed by atoms with E-state index in [2.05, 4.69) is 47.6 Å². The van der Waals surface area contributed by atoms with Crippen LogP contribution in [0.5, 0.6) is 0 Å². The average molecular weight is 547 g/mol. The summed E-state index contributed by atoms with van der Waals surface area (Å²) in [4.78, 5) is 12.7. The van der Waals surface area contributed by atoms with E-state index in [0.717, 1.165) is 59.8 Å². The van der Waals surface area contributed by atoms with Crippen molar-refractivity contribution in [2.75, 3.05) is 0 Å². The van der Waals surface area contributed by atoms with E-state index in [0.29, 0.717) is 17.3 Å². The molecule has 0 aliphatic heterocycles. The van der Waals surface area contributed by atoms with Crippen LogP contribution >= 0.6 is 0 Å². The molecule has 5 rings (SSSR count). The van der Waals surface area contributed by atoms with Crippen LogP contribution in [0.1, 0.15) is 124 Å². The topological polar surface area (TPSA) is 26.3 Å². The van der Waals surface area contributed by atoms with E-state index in [4.69, 9.17) is 4.74 Å². The predicted molar refractivity (Wildman–Crippen MR) is 167 cm³/mol. The molecule has 2 nitrogen and oxygen atoms in total. The minimum absolute atomic E-state index is 0.0556. The quantitative estimate of drug-likeness (QED) is 0.215. The molecule has 1 aromatic carbocycles. The predicted octanol–water partition coefficient (Wildman–Crippen LogP) is 10.2. The Morgan fingerprint density at radius 3 is 2.45 bits per heavy atom. The molecule has 0 radical (unpaired) electrons. The van der Waals surface area contributed by atoms with Crippen molar-refractivity contribution in [2.24, 2.45) is 52.3 Å². The van der Waals surface area contributed by atoms with Gasteiger partial charge in [-0.15, -0.1) is 0 Å². The standard InChI is InChI=1S/C38H58O2/c1-7-11-29(26(2)3)15-14-27(4)33-18-19-34-32-17-16-30-25-31(40-36(39)24-28-12-9-8-10-13-28)20-22-37(30,5)35(32)21-23-38(33,34)6/h8-10,12-13,16,26-27,29,31-35H,7,11,14-15,17-25H2,1-6H3/t27-,29-,31-,32+,33-,34+,35+,37+,38-/m1/s1. The zero-order chi connectivity index (χ0) is 28.5. The van der Waals surface area contributed by atoms with E-state index in [1.807, 2.05) is 30.3 Å². The average Bonchev–Trinajstić information content (AvgIpc) is 3.28. The van der Waals surface area contributed by atoms with Crippen LogP contribution in [0.4, 0.5) is 0 Å². The fraction of sp³-hybridized carbons (Fsp3) is 0.763. The Morgan fingerprint density at radius 2 is 1.73 bits per heavy atom. The fourth-order valence-electron chi connectivity index (χ4n) is 10.6. The third kappa shape index (κ3) is 5.85. The van der Waals surface area contributed by atoms with Gasteiger partial charge in [-0.25, -0.2) is 0 Å². The minimum atomic E-state index is -0.0666. The number of benzene rings is 1. The number of hydrogen-bond donors (Lipinski definition) is 0. The van der Waals surface area contributed by atoms with Crippen LogP contribution < -0.4 is 0 Å². The van der Waals surface area contributed by atoms with Crippen LogP contribution in [0, 0.1) is 52.3 Å². The number of ether oxygens (including phenoxy) is 1. The Labute approximate surface area is 246 Å².